The van der Waals surface area contributed by atoms with Gasteiger partial charge in [0.1, 0.15) is 0 Å². The van der Waals surface area contributed by atoms with Crippen LogP contribution in [0.2, 0.25) is 0 Å². The number of aryl methyl sites for hydroxylation is 1. The third kappa shape index (κ3) is 6.01. The van der Waals surface area contributed by atoms with E-state index in [4.69, 9.17) is 0 Å². The summed E-state index contributed by atoms with van der Waals surface area (Å²) in [7, 11) is -3.56. The first-order chi connectivity index (χ1) is 12.9. The number of aromatic nitrogens is 1. The number of benzene rings is 2. The molecular formula is C21H26ClN3O2S. The molecule has 2 N–H and O–H groups in total. The molecule has 0 spiro atoms. The minimum absolute atomic E-state index is 0. The number of nitrogens with one attached hydrogen (secondary N) is 2. The third-order valence-corrected chi connectivity index (χ3v) is 5.99. The second-order valence-electron chi connectivity index (χ2n) is 6.85. The number of rotatable bonds is 8. The average Bonchev–Trinajstić information content (AvgIpc) is 2.64. The molecule has 3 aromatic rings. The van der Waals surface area contributed by atoms with E-state index in [9.17, 15) is 8.42 Å². The van der Waals surface area contributed by atoms with Crippen molar-refractivity contribution in [3.63, 3.8) is 0 Å². The van der Waals surface area contributed by atoms with E-state index in [1.807, 2.05) is 13.0 Å². The molecule has 0 fully saturated rings. The van der Waals surface area contributed by atoms with E-state index in [0.717, 1.165) is 23.7 Å². The minimum Gasteiger partial charge on any atom is -0.315 e. The van der Waals surface area contributed by atoms with Crippen LogP contribution >= 0.6 is 12.4 Å². The van der Waals surface area contributed by atoms with Gasteiger partial charge in [0, 0.05) is 30.4 Å². The van der Waals surface area contributed by atoms with Gasteiger partial charge in [-0.3, -0.25) is 4.98 Å². The Bertz CT molecular complexity index is 1020. The normalized spacial score (nSPS) is 12.5. The van der Waals surface area contributed by atoms with Crippen LogP contribution in [-0.2, 0) is 16.4 Å². The number of fused-ring (bicyclic) bond motifs is 1. The van der Waals surface area contributed by atoms with Crippen molar-refractivity contribution in [1.29, 1.82) is 0 Å². The lowest BCUT2D eigenvalue weighted by Gasteiger charge is -2.15. The van der Waals surface area contributed by atoms with Crippen molar-refractivity contribution in [2.75, 3.05) is 13.1 Å². The van der Waals surface area contributed by atoms with E-state index < -0.39 is 10.0 Å². The lowest BCUT2D eigenvalue weighted by atomic mass is 10.1. The lowest BCUT2D eigenvalue weighted by Crippen LogP contribution is -2.40. The monoisotopic (exact) mass is 419 g/mol. The van der Waals surface area contributed by atoms with Crippen LogP contribution in [0.25, 0.3) is 10.8 Å². The number of hydrogen-bond donors (Lipinski definition) is 2. The highest BCUT2D eigenvalue weighted by Gasteiger charge is 2.17. The van der Waals surface area contributed by atoms with E-state index >= 15 is 0 Å². The second-order valence-corrected chi connectivity index (χ2v) is 8.56. The van der Waals surface area contributed by atoms with Crippen LogP contribution in [0.3, 0.4) is 0 Å². The van der Waals surface area contributed by atoms with Gasteiger partial charge in [-0.05, 0) is 56.0 Å². The van der Waals surface area contributed by atoms with Gasteiger partial charge in [0.25, 0.3) is 0 Å². The Kier molecular flexibility index (Phi) is 7.95. The molecule has 0 aliphatic carbocycles. The van der Waals surface area contributed by atoms with Crippen molar-refractivity contribution in [3.8, 4) is 0 Å². The predicted molar refractivity (Wildman–Crippen MR) is 117 cm³/mol. The quantitative estimate of drug-likeness (QED) is 0.548. The summed E-state index contributed by atoms with van der Waals surface area (Å²) in [5.41, 5.74) is 2.53. The molecule has 0 aliphatic heterocycles. The summed E-state index contributed by atoms with van der Waals surface area (Å²) in [6, 6.07) is 15.1. The van der Waals surface area contributed by atoms with Gasteiger partial charge in [0.2, 0.25) is 10.0 Å². The number of nitrogens with zero attached hydrogens (tertiary/aromatic N) is 1. The highest BCUT2D eigenvalue weighted by atomic mass is 35.5. The molecule has 0 amide bonds. The molecule has 2 aromatic carbocycles. The van der Waals surface area contributed by atoms with Gasteiger partial charge >= 0.3 is 0 Å². The van der Waals surface area contributed by atoms with Crippen molar-refractivity contribution in [1.82, 2.24) is 15.0 Å². The fraction of sp³-hybridized carbons (Fsp3) is 0.286. The Hall–Kier alpha value is -1.99. The zero-order chi connectivity index (χ0) is 19.3. The fourth-order valence-electron chi connectivity index (χ4n) is 3.02. The molecule has 0 bridgehead atoms. The van der Waals surface area contributed by atoms with Crippen molar-refractivity contribution < 1.29 is 8.42 Å². The Morgan fingerprint density at radius 3 is 2.68 bits per heavy atom. The summed E-state index contributed by atoms with van der Waals surface area (Å²) >= 11 is 0. The first-order valence-electron chi connectivity index (χ1n) is 9.06. The summed E-state index contributed by atoms with van der Waals surface area (Å²) in [6.07, 6.45) is 4.30. The molecule has 0 aliphatic rings. The predicted octanol–water partition coefficient (Wildman–Crippen LogP) is 3.46. The first-order valence-corrected chi connectivity index (χ1v) is 10.5. The van der Waals surface area contributed by atoms with Crippen molar-refractivity contribution >= 4 is 33.2 Å². The van der Waals surface area contributed by atoms with Crippen molar-refractivity contribution in [3.05, 3.63) is 72.1 Å². The summed E-state index contributed by atoms with van der Waals surface area (Å²) in [4.78, 5) is 4.32. The Morgan fingerprint density at radius 1 is 1.07 bits per heavy atom. The third-order valence-electron chi connectivity index (χ3n) is 4.40. The molecule has 150 valence electrons. The van der Waals surface area contributed by atoms with Crippen molar-refractivity contribution in [2.45, 2.75) is 31.2 Å². The van der Waals surface area contributed by atoms with Crippen LogP contribution in [0, 0.1) is 6.92 Å². The number of hydrogen-bond acceptors (Lipinski definition) is 4. The van der Waals surface area contributed by atoms with E-state index in [2.05, 4.69) is 46.2 Å². The average molecular weight is 420 g/mol. The second kappa shape index (κ2) is 9.98. The Balaban J connectivity index is 0.00000280. The van der Waals surface area contributed by atoms with E-state index in [1.54, 1.807) is 30.6 Å². The van der Waals surface area contributed by atoms with Crippen LogP contribution in [0.1, 0.15) is 18.1 Å². The van der Waals surface area contributed by atoms with Gasteiger partial charge in [-0.1, -0.05) is 35.9 Å². The van der Waals surface area contributed by atoms with Gasteiger partial charge in [-0.15, -0.1) is 12.4 Å². The first kappa shape index (κ1) is 22.3. The van der Waals surface area contributed by atoms with E-state index in [0.29, 0.717) is 6.54 Å². The van der Waals surface area contributed by atoms with Gasteiger partial charge in [-0.25, -0.2) is 13.1 Å². The molecule has 0 unspecified atom stereocenters. The number of sulfonamides is 1. The molecule has 1 heterocycles. The van der Waals surface area contributed by atoms with Gasteiger partial charge < -0.3 is 5.32 Å². The molecule has 0 saturated heterocycles. The molecule has 3 rings (SSSR count). The summed E-state index contributed by atoms with van der Waals surface area (Å²) in [5.74, 6) is 0. The molecule has 28 heavy (non-hydrogen) atoms. The summed E-state index contributed by atoms with van der Waals surface area (Å²) in [5, 5.41) is 5.10. The maximum absolute atomic E-state index is 12.6. The van der Waals surface area contributed by atoms with Crippen LogP contribution in [0.4, 0.5) is 0 Å². The standard InChI is InChI=1S/C21H25N3O2S.ClH/c1-16-4-3-5-18(12-16)8-10-22-14-17(2)24-27(25,26)21-7-6-20-15-23-11-9-19(20)13-21;/h3-7,9,11-13,15,17,22,24H,8,10,14H2,1-2H3;1H/t17-;/m1./s1. The SMILES string of the molecule is Cc1cccc(CCNC[C@@H](C)NS(=O)(=O)c2ccc3cnccc3c2)c1.Cl. The Labute approximate surface area is 173 Å². The van der Waals surface area contributed by atoms with Crippen LogP contribution < -0.4 is 10.0 Å². The zero-order valence-electron chi connectivity index (χ0n) is 16.1. The highest BCUT2D eigenvalue weighted by Crippen LogP contribution is 2.18. The highest BCUT2D eigenvalue weighted by molar-refractivity contribution is 7.89. The summed E-state index contributed by atoms with van der Waals surface area (Å²) < 4.78 is 28.0. The molecule has 0 radical (unpaired) electrons. The molecule has 5 nitrogen and oxygen atoms in total. The van der Waals surface area contributed by atoms with Gasteiger partial charge in [0.05, 0.1) is 4.90 Å². The molecule has 7 heteroatoms. The topological polar surface area (TPSA) is 71.1 Å². The Morgan fingerprint density at radius 2 is 1.89 bits per heavy atom. The van der Waals surface area contributed by atoms with Crippen LogP contribution in [0.5, 0.6) is 0 Å². The maximum atomic E-state index is 12.6. The van der Waals surface area contributed by atoms with E-state index in [-0.39, 0.29) is 23.3 Å². The zero-order valence-corrected chi connectivity index (χ0v) is 17.7. The number of pyridine rings is 1. The van der Waals surface area contributed by atoms with Gasteiger partial charge in [-0.2, -0.15) is 0 Å². The molecule has 1 aromatic heterocycles. The molecular weight excluding hydrogens is 394 g/mol. The van der Waals surface area contributed by atoms with E-state index in [1.165, 1.54) is 11.1 Å². The van der Waals surface area contributed by atoms with Gasteiger partial charge in [0.15, 0.2) is 0 Å². The summed E-state index contributed by atoms with van der Waals surface area (Å²) in [6.45, 7) is 5.32. The maximum Gasteiger partial charge on any atom is 0.240 e. The lowest BCUT2D eigenvalue weighted by molar-refractivity contribution is 0.537. The molecule has 0 saturated carbocycles. The number of halogens is 1. The largest absolute Gasteiger partial charge is 0.315 e. The molecule has 1 atom stereocenters. The fourth-order valence-corrected chi connectivity index (χ4v) is 4.30. The minimum atomic E-state index is -3.56. The van der Waals surface area contributed by atoms with Crippen LogP contribution in [-0.4, -0.2) is 32.5 Å². The van der Waals surface area contributed by atoms with Crippen molar-refractivity contribution in [2.24, 2.45) is 0 Å². The van der Waals surface area contributed by atoms with Crippen LogP contribution in [0.15, 0.2) is 65.8 Å². The smallest absolute Gasteiger partial charge is 0.240 e.